The van der Waals surface area contributed by atoms with Crippen LogP contribution >= 0.6 is 0 Å². The van der Waals surface area contributed by atoms with E-state index in [-0.39, 0.29) is 16.9 Å². The van der Waals surface area contributed by atoms with Crippen LogP contribution in [0.15, 0.2) is 72.9 Å². The molecular formula is C31H34N4O4. The molecule has 0 saturated heterocycles. The molecule has 0 fully saturated rings. The molecule has 0 radical (unpaired) electrons. The molecule has 1 aromatic heterocycles. The van der Waals surface area contributed by atoms with Gasteiger partial charge in [-0.05, 0) is 80.3 Å². The standard InChI is InChI=1S/C31H34N4O4/c1-30(2,3)21-10-7-20(8-11-21)27(36)34-25-14-12-22(32)17-24(25)28(37)33-23-13-9-19-15-16-35(26(19)18-23)29(38)39-31(4,5)6/h7-18H,32H2,1-6H3,(H,33,37)(H,34,36). The molecular weight excluding hydrogens is 492 g/mol. The van der Waals surface area contributed by atoms with E-state index in [9.17, 15) is 14.4 Å². The molecule has 4 aromatic rings. The smallest absolute Gasteiger partial charge is 0.418 e. The van der Waals surface area contributed by atoms with Crippen molar-refractivity contribution in [2.24, 2.45) is 0 Å². The monoisotopic (exact) mass is 526 g/mol. The maximum Gasteiger partial charge on any atom is 0.418 e. The van der Waals surface area contributed by atoms with Gasteiger partial charge in [-0.3, -0.25) is 14.2 Å². The van der Waals surface area contributed by atoms with Crippen LogP contribution in [0.25, 0.3) is 10.9 Å². The van der Waals surface area contributed by atoms with Crippen molar-refractivity contribution in [3.63, 3.8) is 0 Å². The summed E-state index contributed by atoms with van der Waals surface area (Å²) >= 11 is 0. The predicted molar refractivity (Wildman–Crippen MR) is 155 cm³/mol. The van der Waals surface area contributed by atoms with Gasteiger partial charge < -0.3 is 21.1 Å². The van der Waals surface area contributed by atoms with Gasteiger partial charge in [0.1, 0.15) is 5.60 Å². The molecule has 3 aromatic carbocycles. The van der Waals surface area contributed by atoms with E-state index >= 15 is 0 Å². The van der Waals surface area contributed by atoms with Gasteiger partial charge in [0.05, 0.1) is 16.8 Å². The lowest BCUT2D eigenvalue weighted by molar-refractivity contribution is 0.0544. The molecule has 8 nitrogen and oxygen atoms in total. The number of nitrogen functional groups attached to an aromatic ring is 1. The van der Waals surface area contributed by atoms with Gasteiger partial charge in [-0.1, -0.05) is 39.0 Å². The average Bonchev–Trinajstić information content (AvgIpc) is 3.27. The summed E-state index contributed by atoms with van der Waals surface area (Å²) in [5, 5.41) is 6.49. The quantitative estimate of drug-likeness (QED) is 0.253. The van der Waals surface area contributed by atoms with Gasteiger partial charge in [0.25, 0.3) is 11.8 Å². The van der Waals surface area contributed by atoms with Gasteiger partial charge in [-0.2, -0.15) is 0 Å². The number of fused-ring (bicyclic) bond motifs is 1. The summed E-state index contributed by atoms with van der Waals surface area (Å²) < 4.78 is 6.88. The molecule has 4 rings (SSSR count). The Hall–Kier alpha value is -4.59. The van der Waals surface area contributed by atoms with Crippen LogP contribution in [0.4, 0.5) is 21.9 Å². The number of carbonyl (C=O) groups excluding carboxylic acids is 3. The van der Waals surface area contributed by atoms with E-state index in [1.807, 2.05) is 12.1 Å². The van der Waals surface area contributed by atoms with Crippen LogP contribution in [-0.4, -0.2) is 28.1 Å². The van der Waals surface area contributed by atoms with Crippen molar-refractivity contribution >= 4 is 45.9 Å². The fraction of sp³-hybridized carbons (Fsp3) is 0.258. The second kappa shape index (κ2) is 10.3. The fourth-order valence-corrected chi connectivity index (χ4v) is 4.05. The van der Waals surface area contributed by atoms with Crippen LogP contribution in [0.5, 0.6) is 0 Å². The van der Waals surface area contributed by atoms with Crippen molar-refractivity contribution in [3.8, 4) is 0 Å². The fourth-order valence-electron chi connectivity index (χ4n) is 4.05. The van der Waals surface area contributed by atoms with Crippen molar-refractivity contribution < 1.29 is 19.1 Å². The molecule has 0 unspecified atom stereocenters. The Morgan fingerprint density at radius 2 is 1.49 bits per heavy atom. The molecule has 0 aliphatic rings. The molecule has 0 atom stereocenters. The van der Waals surface area contributed by atoms with Crippen LogP contribution in [-0.2, 0) is 10.2 Å². The number of hydrogen-bond acceptors (Lipinski definition) is 5. The van der Waals surface area contributed by atoms with Gasteiger partial charge in [0.15, 0.2) is 0 Å². The Bertz CT molecular complexity index is 1550. The molecule has 0 spiro atoms. The number of aromatic nitrogens is 1. The van der Waals surface area contributed by atoms with Gasteiger partial charge in [-0.15, -0.1) is 0 Å². The number of rotatable bonds is 4. The Labute approximate surface area is 228 Å². The zero-order chi connectivity index (χ0) is 28.5. The summed E-state index contributed by atoms with van der Waals surface area (Å²) in [6.45, 7) is 11.7. The lowest BCUT2D eigenvalue weighted by Crippen LogP contribution is -2.26. The summed E-state index contributed by atoms with van der Waals surface area (Å²) in [4.78, 5) is 39.0. The highest BCUT2D eigenvalue weighted by Crippen LogP contribution is 2.26. The predicted octanol–water partition coefficient (Wildman–Crippen LogP) is 6.81. The van der Waals surface area contributed by atoms with E-state index in [0.29, 0.717) is 28.1 Å². The zero-order valence-electron chi connectivity index (χ0n) is 23.1. The molecule has 202 valence electrons. The first kappa shape index (κ1) is 27.4. The third-order valence-electron chi connectivity index (χ3n) is 6.09. The number of carbonyl (C=O) groups is 3. The van der Waals surface area contributed by atoms with E-state index in [4.69, 9.17) is 10.5 Å². The third kappa shape index (κ3) is 6.46. The first-order valence-electron chi connectivity index (χ1n) is 12.7. The largest absolute Gasteiger partial charge is 0.443 e. The molecule has 0 aliphatic carbocycles. The number of nitrogens with one attached hydrogen (secondary N) is 2. The SMILES string of the molecule is CC(C)(C)OC(=O)n1ccc2ccc(NC(=O)c3cc(N)ccc3NC(=O)c3ccc(C(C)(C)C)cc3)cc21. The third-order valence-corrected chi connectivity index (χ3v) is 6.09. The molecule has 2 amide bonds. The van der Waals surface area contributed by atoms with E-state index < -0.39 is 17.6 Å². The zero-order valence-corrected chi connectivity index (χ0v) is 23.1. The molecule has 1 heterocycles. The van der Waals surface area contributed by atoms with Gasteiger partial charge in [0.2, 0.25) is 0 Å². The van der Waals surface area contributed by atoms with Crippen molar-refractivity contribution in [2.45, 2.75) is 52.6 Å². The minimum atomic E-state index is -0.651. The Balaban J connectivity index is 1.57. The van der Waals surface area contributed by atoms with Crippen LogP contribution < -0.4 is 16.4 Å². The van der Waals surface area contributed by atoms with Crippen LogP contribution in [0.1, 0.15) is 67.8 Å². The second-order valence-corrected chi connectivity index (χ2v) is 11.5. The molecule has 0 aliphatic heterocycles. The maximum absolute atomic E-state index is 13.3. The number of amides is 2. The van der Waals surface area contributed by atoms with E-state index in [1.165, 1.54) is 10.6 Å². The van der Waals surface area contributed by atoms with Crippen molar-refractivity contribution in [2.75, 3.05) is 16.4 Å². The van der Waals surface area contributed by atoms with E-state index in [0.717, 1.165) is 10.9 Å². The topological polar surface area (TPSA) is 115 Å². The summed E-state index contributed by atoms with van der Waals surface area (Å²) in [6.07, 6.45) is 1.11. The number of nitrogens with two attached hydrogens (primary N) is 1. The van der Waals surface area contributed by atoms with Gasteiger partial charge in [-0.25, -0.2) is 4.79 Å². The highest BCUT2D eigenvalue weighted by Gasteiger charge is 2.20. The number of hydrogen-bond donors (Lipinski definition) is 3. The second-order valence-electron chi connectivity index (χ2n) is 11.5. The molecule has 0 saturated carbocycles. The minimum Gasteiger partial charge on any atom is -0.443 e. The number of nitrogens with zero attached hydrogens (tertiary/aromatic N) is 1. The molecule has 4 N–H and O–H groups in total. The van der Waals surface area contributed by atoms with E-state index in [1.54, 1.807) is 75.5 Å². The van der Waals surface area contributed by atoms with Crippen LogP contribution in [0.2, 0.25) is 0 Å². The molecule has 0 bridgehead atoms. The van der Waals surface area contributed by atoms with Crippen molar-refractivity contribution in [1.82, 2.24) is 4.57 Å². The first-order valence-corrected chi connectivity index (χ1v) is 12.7. The lowest BCUT2D eigenvalue weighted by Gasteiger charge is -2.20. The summed E-state index contributed by atoms with van der Waals surface area (Å²) in [7, 11) is 0. The molecule has 39 heavy (non-hydrogen) atoms. The maximum atomic E-state index is 13.3. The number of anilines is 3. The van der Waals surface area contributed by atoms with Crippen molar-refractivity contribution in [3.05, 3.63) is 89.6 Å². The summed E-state index contributed by atoms with van der Waals surface area (Å²) in [6, 6.07) is 19.1. The first-order chi connectivity index (χ1) is 18.2. The Morgan fingerprint density at radius 3 is 2.13 bits per heavy atom. The van der Waals surface area contributed by atoms with E-state index in [2.05, 4.69) is 31.4 Å². The lowest BCUT2D eigenvalue weighted by atomic mass is 9.86. The summed E-state index contributed by atoms with van der Waals surface area (Å²) in [5.74, 6) is -0.804. The highest BCUT2D eigenvalue weighted by atomic mass is 16.6. The number of ether oxygens (including phenoxy) is 1. The van der Waals surface area contributed by atoms with Crippen LogP contribution in [0, 0.1) is 0 Å². The van der Waals surface area contributed by atoms with Gasteiger partial charge in [0, 0.05) is 28.5 Å². The van der Waals surface area contributed by atoms with Gasteiger partial charge >= 0.3 is 6.09 Å². The average molecular weight is 527 g/mol. The van der Waals surface area contributed by atoms with Crippen molar-refractivity contribution in [1.29, 1.82) is 0 Å². The minimum absolute atomic E-state index is 0.0330. The Morgan fingerprint density at radius 1 is 0.795 bits per heavy atom. The summed E-state index contributed by atoms with van der Waals surface area (Å²) in [5.41, 5.74) is 8.83. The number of benzene rings is 3. The normalized spacial score (nSPS) is 11.7. The molecule has 8 heteroatoms. The highest BCUT2D eigenvalue weighted by molar-refractivity contribution is 6.13. The van der Waals surface area contributed by atoms with Crippen LogP contribution in [0.3, 0.4) is 0 Å². The Kier molecular flexibility index (Phi) is 7.24.